The number of carbonyl (C=O) groups is 2. The number of amides is 1. The molecule has 0 saturated heterocycles. The van der Waals surface area contributed by atoms with Crippen molar-refractivity contribution >= 4 is 11.9 Å². The van der Waals surface area contributed by atoms with Crippen LogP contribution >= 0.6 is 0 Å². The molecule has 0 aromatic rings. The molecule has 1 rings (SSSR count). The van der Waals surface area contributed by atoms with Crippen LogP contribution in [0.3, 0.4) is 0 Å². The number of Topliss-reactive ketones (excluding diaryl/α,β-unsaturated/α-hetero) is 1. The van der Waals surface area contributed by atoms with Gasteiger partial charge in [-0.1, -0.05) is 0 Å². The van der Waals surface area contributed by atoms with Crippen molar-refractivity contribution in [3.63, 3.8) is 0 Å². The van der Waals surface area contributed by atoms with Gasteiger partial charge in [-0.15, -0.1) is 6.42 Å². The summed E-state index contributed by atoms with van der Waals surface area (Å²) in [5.41, 5.74) is -1.38. The zero-order valence-corrected chi connectivity index (χ0v) is 10.2. The molecule has 1 saturated carbocycles. The summed E-state index contributed by atoms with van der Waals surface area (Å²) >= 11 is 0. The lowest BCUT2D eigenvalue weighted by Gasteiger charge is -2.28. The smallest absolute Gasteiger partial charge is 0.410 e. The number of rotatable bonds is 2. The Labute approximate surface area is 95.9 Å². The lowest BCUT2D eigenvalue weighted by molar-refractivity contribution is -0.119. The molecular formula is C12H17NO3. The van der Waals surface area contributed by atoms with Gasteiger partial charge < -0.3 is 4.74 Å². The number of nitrogens with zero attached hydrogens (tertiary/aromatic N) is 1. The third kappa shape index (κ3) is 2.35. The van der Waals surface area contributed by atoms with E-state index in [9.17, 15) is 9.59 Å². The van der Waals surface area contributed by atoms with Gasteiger partial charge in [0.15, 0.2) is 0 Å². The van der Waals surface area contributed by atoms with Crippen molar-refractivity contribution < 1.29 is 14.3 Å². The number of ether oxygens (including phenoxy) is 1. The lowest BCUT2D eigenvalue weighted by atomic mass is 10.1. The fourth-order valence-electron chi connectivity index (χ4n) is 1.47. The summed E-state index contributed by atoms with van der Waals surface area (Å²) in [6.07, 6.45) is 5.81. The molecule has 1 amide bonds. The molecule has 16 heavy (non-hydrogen) atoms. The summed E-state index contributed by atoms with van der Waals surface area (Å²) in [5, 5.41) is 0. The van der Waals surface area contributed by atoms with E-state index in [0.29, 0.717) is 12.8 Å². The van der Waals surface area contributed by atoms with E-state index in [0.717, 1.165) is 0 Å². The minimum absolute atomic E-state index is 0.346. The number of hydrogen-bond donors (Lipinski definition) is 0. The monoisotopic (exact) mass is 223 g/mol. The summed E-state index contributed by atoms with van der Waals surface area (Å²) in [4.78, 5) is 24.6. The maximum atomic E-state index is 11.7. The largest absolute Gasteiger partial charge is 0.444 e. The van der Waals surface area contributed by atoms with Crippen LogP contribution in [-0.2, 0) is 9.53 Å². The molecule has 0 spiro atoms. The first kappa shape index (κ1) is 12.6. The maximum Gasteiger partial charge on any atom is 0.410 e. The average Bonchev–Trinajstić information content (AvgIpc) is 2.93. The Kier molecular flexibility index (Phi) is 3.00. The topological polar surface area (TPSA) is 46.6 Å². The predicted octanol–water partition coefficient (Wildman–Crippen LogP) is 1.59. The second kappa shape index (κ2) is 3.82. The van der Waals surface area contributed by atoms with E-state index < -0.39 is 17.2 Å². The standard InChI is InChI=1S/C12H17NO3/c1-6-9(14)12(7-8-12)13(5)10(15)16-11(2,3)4/h1H,7-8H2,2-5H3. The molecule has 1 fully saturated rings. The van der Waals surface area contributed by atoms with Gasteiger partial charge in [-0.05, 0) is 39.5 Å². The molecule has 0 atom stereocenters. The maximum absolute atomic E-state index is 11.7. The van der Waals surface area contributed by atoms with E-state index in [4.69, 9.17) is 11.2 Å². The van der Waals surface area contributed by atoms with Crippen LogP contribution in [0.5, 0.6) is 0 Å². The number of hydrogen-bond acceptors (Lipinski definition) is 3. The SMILES string of the molecule is C#CC(=O)C1(N(C)C(=O)OC(C)(C)C)CC1. The minimum Gasteiger partial charge on any atom is -0.444 e. The molecule has 1 aliphatic carbocycles. The number of carbonyl (C=O) groups excluding carboxylic acids is 2. The van der Waals surface area contributed by atoms with Gasteiger partial charge in [0.05, 0.1) is 0 Å². The number of terminal acetylenes is 1. The highest BCUT2D eigenvalue weighted by atomic mass is 16.6. The molecule has 1 aliphatic rings. The van der Waals surface area contributed by atoms with Gasteiger partial charge in [-0.2, -0.15) is 0 Å². The third-order valence-corrected chi connectivity index (χ3v) is 2.59. The first-order valence-corrected chi connectivity index (χ1v) is 5.21. The summed E-state index contributed by atoms with van der Waals surface area (Å²) < 4.78 is 5.19. The molecule has 0 aliphatic heterocycles. The normalized spacial score (nSPS) is 17.2. The quantitative estimate of drug-likeness (QED) is 0.527. The summed E-state index contributed by atoms with van der Waals surface area (Å²) in [6, 6.07) is 0. The molecule has 0 aromatic carbocycles. The molecule has 4 nitrogen and oxygen atoms in total. The van der Waals surface area contributed by atoms with Gasteiger partial charge in [-0.3, -0.25) is 9.69 Å². The van der Waals surface area contributed by atoms with Crippen LogP contribution < -0.4 is 0 Å². The van der Waals surface area contributed by atoms with Crippen LogP contribution in [0.4, 0.5) is 4.79 Å². The van der Waals surface area contributed by atoms with Crippen molar-refractivity contribution in [3.05, 3.63) is 0 Å². The van der Waals surface area contributed by atoms with E-state index >= 15 is 0 Å². The highest BCUT2D eigenvalue weighted by Gasteiger charge is 2.55. The molecule has 0 aromatic heterocycles. The second-order valence-electron chi connectivity index (χ2n) is 5.04. The van der Waals surface area contributed by atoms with E-state index in [1.807, 2.05) is 0 Å². The van der Waals surface area contributed by atoms with Gasteiger partial charge in [0.2, 0.25) is 5.78 Å². The zero-order chi connectivity index (χ0) is 12.6. The zero-order valence-electron chi connectivity index (χ0n) is 10.2. The minimum atomic E-state index is -0.808. The molecule has 88 valence electrons. The van der Waals surface area contributed by atoms with Crippen LogP contribution in [0.1, 0.15) is 33.6 Å². The van der Waals surface area contributed by atoms with Gasteiger partial charge in [0, 0.05) is 7.05 Å². The van der Waals surface area contributed by atoms with Crippen molar-refractivity contribution in [2.24, 2.45) is 0 Å². The summed E-state index contributed by atoms with van der Waals surface area (Å²) in [6.45, 7) is 5.34. The molecule has 0 N–H and O–H groups in total. The molecule has 0 radical (unpaired) electrons. The first-order valence-electron chi connectivity index (χ1n) is 5.21. The Morgan fingerprint density at radius 2 is 1.88 bits per heavy atom. The predicted molar refractivity (Wildman–Crippen MR) is 59.8 cm³/mol. The third-order valence-electron chi connectivity index (χ3n) is 2.59. The van der Waals surface area contributed by atoms with Crippen LogP contribution in [0.15, 0.2) is 0 Å². The van der Waals surface area contributed by atoms with Gasteiger partial charge in [-0.25, -0.2) is 4.79 Å². The first-order chi connectivity index (χ1) is 7.23. The Morgan fingerprint density at radius 1 is 1.38 bits per heavy atom. The fraction of sp³-hybridized carbons (Fsp3) is 0.667. The van der Waals surface area contributed by atoms with Gasteiger partial charge >= 0.3 is 6.09 Å². The Hall–Kier alpha value is -1.50. The Balaban J connectivity index is 2.73. The van der Waals surface area contributed by atoms with E-state index in [-0.39, 0.29) is 5.78 Å². The Bertz CT molecular complexity index is 355. The summed E-state index contributed by atoms with van der Waals surface area (Å²) in [7, 11) is 1.55. The van der Waals surface area contributed by atoms with Crippen LogP contribution in [0, 0.1) is 12.3 Å². The van der Waals surface area contributed by atoms with Crippen molar-refractivity contribution in [1.29, 1.82) is 0 Å². The number of likely N-dealkylation sites (N-methyl/N-ethyl adjacent to an activating group) is 1. The molecule has 0 heterocycles. The molecule has 0 unspecified atom stereocenters. The second-order valence-corrected chi connectivity index (χ2v) is 5.04. The fourth-order valence-corrected chi connectivity index (χ4v) is 1.47. The van der Waals surface area contributed by atoms with E-state index in [1.54, 1.807) is 27.8 Å². The lowest BCUT2D eigenvalue weighted by Crippen LogP contribution is -2.46. The van der Waals surface area contributed by atoms with Gasteiger partial charge in [0.25, 0.3) is 0 Å². The van der Waals surface area contributed by atoms with Crippen molar-refractivity contribution in [2.45, 2.75) is 44.8 Å². The summed E-state index contributed by atoms with van der Waals surface area (Å²) in [5.74, 6) is 1.73. The molecule has 4 heteroatoms. The van der Waals surface area contributed by atoms with Crippen molar-refractivity contribution in [3.8, 4) is 12.3 Å². The number of ketones is 1. The average molecular weight is 223 g/mol. The van der Waals surface area contributed by atoms with Crippen LogP contribution in [-0.4, -0.2) is 35.0 Å². The van der Waals surface area contributed by atoms with Crippen LogP contribution in [0.25, 0.3) is 0 Å². The van der Waals surface area contributed by atoms with E-state index in [1.165, 1.54) is 4.90 Å². The van der Waals surface area contributed by atoms with Crippen LogP contribution in [0.2, 0.25) is 0 Å². The van der Waals surface area contributed by atoms with Crippen molar-refractivity contribution in [2.75, 3.05) is 7.05 Å². The molecular weight excluding hydrogens is 206 g/mol. The van der Waals surface area contributed by atoms with E-state index in [2.05, 4.69) is 5.92 Å². The highest BCUT2D eigenvalue weighted by Crippen LogP contribution is 2.42. The van der Waals surface area contributed by atoms with Gasteiger partial charge in [0.1, 0.15) is 11.1 Å². The molecule has 0 bridgehead atoms. The Morgan fingerprint density at radius 3 is 2.19 bits per heavy atom. The van der Waals surface area contributed by atoms with Crippen molar-refractivity contribution in [1.82, 2.24) is 4.90 Å². The highest BCUT2D eigenvalue weighted by molar-refractivity contribution is 6.06.